The van der Waals surface area contributed by atoms with Gasteiger partial charge in [0.1, 0.15) is 12.1 Å². The van der Waals surface area contributed by atoms with Crippen LogP contribution in [0, 0.1) is 5.41 Å². The smallest absolute Gasteiger partial charge is 0.332 e. The highest BCUT2D eigenvalue weighted by Gasteiger charge is 2.08. The Kier molecular flexibility index (Phi) is 5.05. The highest BCUT2D eigenvalue weighted by molar-refractivity contribution is 5.80. The summed E-state index contributed by atoms with van der Waals surface area (Å²) in [5.74, 6) is -1.23. The molecule has 0 saturated heterocycles. The van der Waals surface area contributed by atoms with Crippen molar-refractivity contribution < 1.29 is 9.90 Å². The Hall–Kier alpha value is -3.11. The molecule has 22 heavy (non-hydrogen) atoms. The van der Waals surface area contributed by atoms with Crippen LogP contribution in [0.2, 0.25) is 0 Å². The Morgan fingerprint density at radius 3 is 2.50 bits per heavy atom. The lowest BCUT2D eigenvalue weighted by atomic mass is 10.5. The topological polar surface area (TPSA) is 163 Å². The van der Waals surface area contributed by atoms with Crippen molar-refractivity contribution in [3.63, 3.8) is 0 Å². The van der Waals surface area contributed by atoms with Crippen LogP contribution in [-0.2, 0) is 18.9 Å². The molecule has 0 atom stereocenters. The van der Waals surface area contributed by atoms with Crippen LogP contribution in [0.25, 0.3) is 11.2 Å². The summed E-state index contributed by atoms with van der Waals surface area (Å²) in [5, 5.41) is 14.9. The minimum absolute atomic E-state index is 0.227. The summed E-state index contributed by atoms with van der Waals surface area (Å²) in [6, 6.07) is 0. The fourth-order valence-corrected chi connectivity index (χ4v) is 1.56. The third-order valence-electron chi connectivity index (χ3n) is 2.81. The number of carbonyl (C=O) groups is 1. The largest absolute Gasteiger partial charge is 0.480 e. The molecule has 120 valence electrons. The highest BCUT2D eigenvalue weighted by Crippen LogP contribution is 1.97. The number of nitrogens with zero attached hydrogens (tertiary/aromatic N) is 4. The van der Waals surface area contributed by atoms with Crippen molar-refractivity contribution in [3.8, 4) is 0 Å². The molecule has 0 aromatic carbocycles. The number of rotatable bonds is 2. The third-order valence-corrected chi connectivity index (χ3v) is 2.81. The molecule has 2 aromatic rings. The Morgan fingerprint density at radius 1 is 1.45 bits per heavy atom. The van der Waals surface area contributed by atoms with Crippen molar-refractivity contribution >= 4 is 23.1 Å². The summed E-state index contributed by atoms with van der Waals surface area (Å²) in [6.45, 7) is -0.227. The number of H-pyrrole nitrogens is 1. The van der Waals surface area contributed by atoms with Crippen LogP contribution in [0.4, 0.5) is 0 Å². The Labute approximate surface area is 124 Å². The average molecular weight is 311 g/mol. The fourth-order valence-electron chi connectivity index (χ4n) is 1.56. The second kappa shape index (κ2) is 6.56. The van der Waals surface area contributed by atoms with E-state index in [9.17, 15) is 14.4 Å². The van der Waals surface area contributed by atoms with Gasteiger partial charge in [0.15, 0.2) is 11.6 Å². The van der Waals surface area contributed by atoms with Gasteiger partial charge in [-0.1, -0.05) is 0 Å². The molecule has 0 spiro atoms. The fraction of sp³-hybridized carbons (Fsp3) is 0.364. The van der Waals surface area contributed by atoms with E-state index in [0.717, 1.165) is 9.47 Å². The zero-order valence-electron chi connectivity index (χ0n) is 12.3. The number of carboxylic acid groups (broad SMARTS) is 1. The molecule has 0 bridgehead atoms. The van der Waals surface area contributed by atoms with Crippen LogP contribution in [0.15, 0.2) is 15.9 Å². The van der Waals surface area contributed by atoms with Gasteiger partial charge >= 0.3 is 11.7 Å². The van der Waals surface area contributed by atoms with Crippen LogP contribution < -0.4 is 17.0 Å². The van der Waals surface area contributed by atoms with E-state index in [0.29, 0.717) is 11.2 Å². The molecule has 0 radical (unpaired) electrons. The molecule has 0 aliphatic rings. The van der Waals surface area contributed by atoms with Gasteiger partial charge in [-0.15, -0.1) is 0 Å². The van der Waals surface area contributed by atoms with Crippen LogP contribution in [0.5, 0.6) is 0 Å². The summed E-state index contributed by atoms with van der Waals surface area (Å²) < 4.78 is 2.37. The molecular formula is C11H17N7O4. The molecule has 5 N–H and O–H groups in total. The first-order valence-corrected chi connectivity index (χ1v) is 6.02. The van der Waals surface area contributed by atoms with E-state index in [1.807, 2.05) is 0 Å². The first-order valence-electron chi connectivity index (χ1n) is 6.02. The summed E-state index contributed by atoms with van der Waals surface area (Å²) in [5.41, 5.74) is 4.94. The molecule has 11 heteroatoms. The molecule has 0 saturated carbocycles. The monoisotopic (exact) mass is 311 g/mol. The van der Waals surface area contributed by atoms with E-state index >= 15 is 0 Å². The predicted molar refractivity (Wildman–Crippen MR) is 78.8 cm³/mol. The van der Waals surface area contributed by atoms with Crippen molar-refractivity contribution in [3.05, 3.63) is 27.2 Å². The average Bonchev–Trinajstić information content (AvgIpc) is 2.92. The zero-order chi connectivity index (χ0) is 17.0. The number of nitrogens with two attached hydrogens (primary N) is 1. The first-order chi connectivity index (χ1) is 10.2. The highest BCUT2D eigenvalue weighted by atomic mass is 16.4. The van der Waals surface area contributed by atoms with Gasteiger partial charge in [-0.2, -0.15) is 0 Å². The van der Waals surface area contributed by atoms with Gasteiger partial charge in [-0.25, -0.2) is 9.78 Å². The minimum atomic E-state index is -0.993. The molecule has 0 fully saturated rings. The summed E-state index contributed by atoms with van der Waals surface area (Å²) in [7, 11) is 4.45. The maximum atomic E-state index is 11.4. The van der Waals surface area contributed by atoms with Gasteiger partial charge in [0.05, 0.1) is 6.33 Å². The number of guanidine groups is 1. The van der Waals surface area contributed by atoms with Gasteiger partial charge in [0.25, 0.3) is 5.56 Å². The van der Waals surface area contributed by atoms with Gasteiger partial charge in [-0.3, -0.25) is 24.1 Å². The second-order valence-electron chi connectivity index (χ2n) is 4.44. The van der Waals surface area contributed by atoms with E-state index in [-0.39, 0.29) is 23.8 Å². The molecular weight excluding hydrogens is 294 g/mol. The number of aromatic nitrogens is 4. The van der Waals surface area contributed by atoms with E-state index in [1.54, 1.807) is 7.05 Å². The summed E-state index contributed by atoms with van der Waals surface area (Å²) in [6.07, 6.45) is 1.39. The Balaban J connectivity index is 0.000000239. The van der Waals surface area contributed by atoms with E-state index in [4.69, 9.17) is 16.2 Å². The summed E-state index contributed by atoms with van der Waals surface area (Å²) in [4.78, 5) is 40.4. The number of aromatic amines is 1. The first kappa shape index (κ1) is 16.9. The number of aryl methyl sites for hydroxylation is 1. The van der Waals surface area contributed by atoms with Crippen molar-refractivity contribution in [2.45, 2.75) is 0 Å². The lowest BCUT2D eigenvalue weighted by Gasteiger charge is -2.12. The Bertz CT molecular complexity index is 816. The molecule has 2 heterocycles. The molecule has 2 aromatic heterocycles. The van der Waals surface area contributed by atoms with Crippen LogP contribution in [-0.4, -0.2) is 54.6 Å². The Morgan fingerprint density at radius 2 is 2.05 bits per heavy atom. The van der Waals surface area contributed by atoms with Gasteiger partial charge in [-0.05, 0) is 0 Å². The number of carboxylic acids is 1. The van der Waals surface area contributed by atoms with Crippen LogP contribution in [0.3, 0.4) is 0 Å². The maximum Gasteiger partial charge on any atom is 0.332 e. The normalized spacial score (nSPS) is 9.95. The van der Waals surface area contributed by atoms with Gasteiger partial charge < -0.3 is 20.7 Å². The molecule has 0 unspecified atom stereocenters. The SMILES string of the molecule is CN(CC(=O)O)C(=N)N.Cn1c(=O)c2[nH]cnc2n(C)c1=O. The third kappa shape index (κ3) is 3.50. The quantitative estimate of drug-likeness (QED) is 0.363. The number of imidazole rings is 1. The predicted octanol–water partition coefficient (Wildman–Crippen LogP) is -2.14. The van der Waals surface area contributed by atoms with E-state index < -0.39 is 5.97 Å². The number of fused-ring (bicyclic) bond motifs is 1. The lowest BCUT2D eigenvalue weighted by Crippen LogP contribution is -2.36. The molecule has 0 aliphatic carbocycles. The molecule has 11 nitrogen and oxygen atoms in total. The van der Waals surface area contributed by atoms with E-state index in [2.05, 4.69) is 9.97 Å². The van der Waals surface area contributed by atoms with Gasteiger partial charge in [0, 0.05) is 21.1 Å². The van der Waals surface area contributed by atoms with Crippen molar-refractivity contribution in [1.29, 1.82) is 5.41 Å². The minimum Gasteiger partial charge on any atom is -0.480 e. The summed E-state index contributed by atoms with van der Waals surface area (Å²) >= 11 is 0. The molecule has 0 aliphatic heterocycles. The van der Waals surface area contributed by atoms with Crippen molar-refractivity contribution in [2.75, 3.05) is 13.6 Å². The number of likely N-dealkylation sites (N-methyl/N-ethyl adjacent to an activating group) is 1. The van der Waals surface area contributed by atoms with Crippen LogP contribution in [0.1, 0.15) is 0 Å². The molecule has 0 amide bonds. The number of nitrogens with one attached hydrogen (secondary N) is 2. The molecule has 2 rings (SSSR count). The van der Waals surface area contributed by atoms with Crippen molar-refractivity contribution in [2.24, 2.45) is 19.8 Å². The standard InChI is InChI=1S/C7H8N4O2.C4H9N3O2/c1-10-5-4(8-3-9-5)6(12)11(2)7(10)13;1-7(4(5)6)2-3(8)9/h3H,1-2H3,(H,8,9);2H2,1H3,(H3,5,6)(H,8,9). The lowest BCUT2D eigenvalue weighted by molar-refractivity contribution is -0.137. The van der Waals surface area contributed by atoms with E-state index in [1.165, 1.54) is 25.0 Å². The number of hydrogen-bond acceptors (Lipinski definition) is 5. The maximum absolute atomic E-state index is 11.4. The van der Waals surface area contributed by atoms with Crippen LogP contribution >= 0.6 is 0 Å². The second-order valence-corrected chi connectivity index (χ2v) is 4.44. The van der Waals surface area contributed by atoms with Gasteiger partial charge in [0.2, 0.25) is 0 Å². The van der Waals surface area contributed by atoms with Crippen molar-refractivity contribution in [1.82, 2.24) is 24.0 Å². The zero-order valence-corrected chi connectivity index (χ0v) is 12.3. The number of aliphatic carboxylic acids is 1. The number of hydrogen-bond donors (Lipinski definition) is 4.